The maximum Gasteiger partial charge on any atom is 0.221 e. The predicted octanol–water partition coefficient (Wildman–Crippen LogP) is 1.30. The fourth-order valence-electron chi connectivity index (χ4n) is 1.91. The largest absolute Gasteiger partial charge is 0.395 e. The fourth-order valence-corrected chi connectivity index (χ4v) is 1.91. The highest BCUT2D eigenvalue weighted by molar-refractivity contribution is 5.85. The number of aliphatic hydroxyl groups excluding tert-OH is 1. The van der Waals surface area contributed by atoms with Gasteiger partial charge in [0, 0.05) is 25.7 Å². The van der Waals surface area contributed by atoms with Gasteiger partial charge in [-0.15, -0.1) is 0 Å². The molecule has 6 nitrogen and oxygen atoms in total. The molecular formula is C16H30N4O2. The molecule has 0 aromatic rings. The molecule has 0 saturated heterocycles. The van der Waals surface area contributed by atoms with Crippen molar-refractivity contribution in [1.29, 1.82) is 0 Å². The van der Waals surface area contributed by atoms with Crippen LogP contribution in [-0.4, -0.2) is 43.6 Å². The minimum absolute atomic E-state index is 0.124. The van der Waals surface area contributed by atoms with Gasteiger partial charge in [-0.2, -0.15) is 0 Å². The SMILES string of the molecule is C=C(CCNC(CO)CCC)/C(N=CNC(C)=O)=C(/C)NC. The summed E-state index contributed by atoms with van der Waals surface area (Å²) in [4.78, 5) is 15.2. The van der Waals surface area contributed by atoms with Gasteiger partial charge in [0.05, 0.1) is 18.6 Å². The van der Waals surface area contributed by atoms with Crippen LogP contribution in [0.5, 0.6) is 0 Å². The quantitative estimate of drug-likeness (QED) is 0.263. The highest BCUT2D eigenvalue weighted by Crippen LogP contribution is 2.16. The van der Waals surface area contributed by atoms with Crippen molar-refractivity contribution in [2.24, 2.45) is 4.99 Å². The standard InChI is InChI=1S/C16H30N4O2/c1-6-7-15(10-21)18-9-8-12(2)16(13(3)17-5)20-11-19-14(4)22/h11,15,17-18,21H,2,6-10H2,1,3-5H3,(H,19,20,22)/b16-13+. The molecule has 0 aliphatic heterocycles. The van der Waals surface area contributed by atoms with Crippen LogP contribution in [0, 0.1) is 0 Å². The average molecular weight is 310 g/mol. The van der Waals surface area contributed by atoms with E-state index in [0.29, 0.717) is 6.42 Å². The average Bonchev–Trinajstić information content (AvgIpc) is 2.49. The van der Waals surface area contributed by atoms with E-state index in [1.807, 2.05) is 14.0 Å². The van der Waals surface area contributed by atoms with E-state index < -0.39 is 0 Å². The topological polar surface area (TPSA) is 85.8 Å². The predicted molar refractivity (Wildman–Crippen MR) is 91.6 cm³/mol. The number of aliphatic imine (C=N–C) groups is 1. The summed E-state index contributed by atoms with van der Waals surface area (Å²) in [5, 5.41) is 18.1. The minimum atomic E-state index is -0.164. The molecule has 0 aromatic carbocycles. The lowest BCUT2D eigenvalue weighted by molar-refractivity contribution is -0.117. The Kier molecular flexibility index (Phi) is 11.0. The van der Waals surface area contributed by atoms with Gasteiger partial charge in [0.2, 0.25) is 5.91 Å². The Morgan fingerprint density at radius 2 is 2.09 bits per heavy atom. The lowest BCUT2D eigenvalue weighted by atomic mass is 10.1. The second kappa shape index (κ2) is 11.9. The van der Waals surface area contributed by atoms with E-state index in [4.69, 9.17) is 0 Å². The third-order valence-electron chi connectivity index (χ3n) is 3.24. The number of hydrogen-bond acceptors (Lipinski definition) is 5. The second-order valence-electron chi connectivity index (χ2n) is 5.16. The number of carbonyl (C=O) groups excluding carboxylic acids is 1. The highest BCUT2D eigenvalue weighted by atomic mass is 16.3. The first kappa shape index (κ1) is 20.3. The molecule has 0 bridgehead atoms. The number of amides is 1. The van der Waals surface area contributed by atoms with Crippen LogP contribution in [0.3, 0.4) is 0 Å². The summed E-state index contributed by atoms with van der Waals surface area (Å²) in [5.41, 5.74) is 2.49. The molecule has 6 heteroatoms. The van der Waals surface area contributed by atoms with E-state index in [2.05, 4.69) is 34.4 Å². The van der Waals surface area contributed by atoms with Crippen molar-refractivity contribution >= 4 is 12.2 Å². The number of nitrogens with one attached hydrogen (secondary N) is 3. The zero-order valence-corrected chi connectivity index (χ0v) is 14.2. The van der Waals surface area contributed by atoms with E-state index in [9.17, 15) is 9.90 Å². The Morgan fingerprint density at radius 3 is 2.59 bits per heavy atom. The van der Waals surface area contributed by atoms with Gasteiger partial charge in [0.15, 0.2) is 0 Å². The molecule has 0 fully saturated rings. The van der Waals surface area contributed by atoms with Crippen LogP contribution in [0.2, 0.25) is 0 Å². The summed E-state index contributed by atoms with van der Waals surface area (Å²) < 4.78 is 0. The molecule has 0 heterocycles. The molecule has 1 atom stereocenters. The third-order valence-corrected chi connectivity index (χ3v) is 3.24. The van der Waals surface area contributed by atoms with Crippen LogP contribution in [0.4, 0.5) is 0 Å². The van der Waals surface area contributed by atoms with E-state index in [1.165, 1.54) is 13.3 Å². The van der Waals surface area contributed by atoms with Crippen LogP contribution < -0.4 is 16.0 Å². The molecule has 0 spiro atoms. The highest BCUT2D eigenvalue weighted by Gasteiger charge is 2.08. The molecule has 22 heavy (non-hydrogen) atoms. The van der Waals surface area contributed by atoms with Crippen molar-refractivity contribution in [1.82, 2.24) is 16.0 Å². The summed E-state index contributed by atoms with van der Waals surface area (Å²) >= 11 is 0. The van der Waals surface area contributed by atoms with Crippen molar-refractivity contribution in [3.63, 3.8) is 0 Å². The Bertz CT molecular complexity index is 416. The maximum atomic E-state index is 10.9. The van der Waals surface area contributed by atoms with E-state index >= 15 is 0 Å². The summed E-state index contributed by atoms with van der Waals surface area (Å²) in [6, 6.07) is 0.124. The van der Waals surface area contributed by atoms with Crippen LogP contribution in [-0.2, 0) is 4.79 Å². The molecule has 0 aliphatic carbocycles. The van der Waals surface area contributed by atoms with Crippen molar-refractivity contribution in [2.75, 3.05) is 20.2 Å². The fraction of sp³-hybridized carbons (Fsp3) is 0.625. The van der Waals surface area contributed by atoms with Gasteiger partial charge in [-0.25, -0.2) is 4.99 Å². The van der Waals surface area contributed by atoms with Crippen LogP contribution in [0.1, 0.15) is 40.0 Å². The summed E-state index contributed by atoms with van der Waals surface area (Å²) in [6.45, 7) is 10.4. The lowest BCUT2D eigenvalue weighted by Gasteiger charge is -2.16. The molecule has 0 aromatic heterocycles. The molecule has 0 saturated carbocycles. The van der Waals surface area contributed by atoms with E-state index in [0.717, 1.165) is 36.4 Å². The van der Waals surface area contributed by atoms with Gasteiger partial charge in [0.25, 0.3) is 0 Å². The first-order valence-electron chi connectivity index (χ1n) is 7.66. The van der Waals surface area contributed by atoms with Gasteiger partial charge in [0.1, 0.15) is 0 Å². The van der Waals surface area contributed by atoms with Gasteiger partial charge < -0.3 is 21.1 Å². The molecule has 0 rings (SSSR count). The summed E-state index contributed by atoms with van der Waals surface area (Å²) in [6.07, 6.45) is 4.07. The van der Waals surface area contributed by atoms with Crippen molar-refractivity contribution in [3.05, 3.63) is 23.5 Å². The summed E-state index contributed by atoms with van der Waals surface area (Å²) in [7, 11) is 1.82. The van der Waals surface area contributed by atoms with E-state index in [1.54, 1.807) is 0 Å². The van der Waals surface area contributed by atoms with Crippen molar-refractivity contribution in [2.45, 2.75) is 46.1 Å². The normalized spacial score (nSPS) is 13.7. The van der Waals surface area contributed by atoms with Gasteiger partial charge >= 0.3 is 0 Å². The number of hydrogen-bond donors (Lipinski definition) is 4. The number of aliphatic hydroxyl groups is 1. The monoisotopic (exact) mass is 310 g/mol. The Balaban J connectivity index is 4.59. The molecule has 1 unspecified atom stereocenters. The Hall–Kier alpha value is -1.66. The van der Waals surface area contributed by atoms with Crippen LogP contribution in [0.25, 0.3) is 0 Å². The first-order chi connectivity index (χ1) is 10.5. The molecule has 126 valence electrons. The number of rotatable bonds is 11. The number of allylic oxidation sites excluding steroid dienone is 2. The smallest absolute Gasteiger partial charge is 0.221 e. The number of nitrogens with zero attached hydrogens (tertiary/aromatic N) is 1. The van der Waals surface area contributed by atoms with Crippen LogP contribution >= 0.6 is 0 Å². The third kappa shape index (κ3) is 8.59. The second-order valence-corrected chi connectivity index (χ2v) is 5.16. The van der Waals surface area contributed by atoms with Crippen LogP contribution in [0.15, 0.2) is 28.5 Å². The molecule has 1 amide bonds. The zero-order chi connectivity index (χ0) is 17.0. The van der Waals surface area contributed by atoms with Crippen molar-refractivity contribution in [3.8, 4) is 0 Å². The Morgan fingerprint density at radius 1 is 1.41 bits per heavy atom. The molecule has 4 N–H and O–H groups in total. The first-order valence-corrected chi connectivity index (χ1v) is 7.66. The molecular weight excluding hydrogens is 280 g/mol. The number of carbonyl (C=O) groups is 1. The lowest BCUT2D eigenvalue weighted by Crippen LogP contribution is -2.33. The maximum absolute atomic E-state index is 10.9. The van der Waals surface area contributed by atoms with Gasteiger partial charge in [-0.1, -0.05) is 19.9 Å². The summed E-state index contributed by atoms with van der Waals surface area (Å²) in [5.74, 6) is -0.164. The van der Waals surface area contributed by atoms with Crippen molar-refractivity contribution < 1.29 is 9.90 Å². The molecule has 0 radical (unpaired) electrons. The zero-order valence-electron chi connectivity index (χ0n) is 14.2. The molecule has 0 aliphatic rings. The Labute approximate surface area is 133 Å². The van der Waals surface area contributed by atoms with Gasteiger partial charge in [-0.3, -0.25) is 4.79 Å². The van der Waals surface area contributed by atoms with E-state index in [-0.39, 0.29) is 18.6 Å². The minimum Gasteiger partial charge on any atom is -0.395 e. The van der Waals surface area contributed by atoms with Gasteiger partial charge in [-0.05, 0) is 31.9 Å².